The molecule has 1 aromatic heterocycles. The van der Waals surface area contributed by atoms with Crippen LogP contribution < -0.4 is 42.5 Å². The van der Waals surface area contributed by atoms with Crippen LogP contribution in [0.3, 0.4) is 0 Å². The van der Waals surface area contributed by atoms with E-state index < -0.39 is 13.2 Å². The second-order valence-corrected chi connectivity index (χ2v) is 14.4. The van der Waals surface area contributed by atoms with Crippen LogP contribution in [0.15, 0.2) is 127 Å². The third kappa shape index (κ3) is 6.47. The summed E-state index contributed by atoms with van der Waals surface area (Å²) < 4.78 is 22.7. The predicted molar refractivity (Wildman–Crippen MR) is 192 cm³/mol. The minimum Gasteiger partial charge on any atom is -1.00 e. The highest BCUT2D eigenvalue weighted by atomic mass is 35.5. The van der Waals surface area contributed by atoms with Gasteiger partial charge in [-0.2, -0.15) is 0 Å². The number of methoxy groups -OCH3 is 3. The largest absolute Gasteiger partial charge is 1.00 e. The molecular weight excluding hydrogens is 641 g/mol. The topological polar surface area (TPSA) is 66.9 Å². The van der Waals surface area contributed by atoms with Gasteiger partial charge in [0, 0.05) is 17.0 Å². The van der Waals surface area contributed by atoms with E-state index in [1.54, 1.807) is 21.3 Å². The van der Waals surface area contributed by atoms with E-state index in [0.717, 1.165) is 16.5 Å². The quantitative estimate of drug-likeness (QED) is 0.148. The van der Waals surface area contributed by atoms with E-state index in [1.807, 2.05) is 61.5 Å². The average Bonchev–Trinajstić information content (AvgIpc) is 3.13. The molecule has 0 atom stereocenters. The van der Waals surface area contributed by atoms with Crippen molar-refractivity contribution in [3.05, 3.63) is 139 Å². The van der Waals surface area contributed by atoms with Crippen molar-refractivity contribution in [2.45, 2.75) is 13.1 Å². The summed E-state index contributed by atoms with van der Waals surface area (Å²) in [5.41, 5.74) is 3.32. The number of ether oxygens (including phenoxy) is 4. The lowest BCUT2D eigenvalue weighted by Crippen LogP contribution is -3.00. The zero-order valence-electron chi connectivity index (χ0n) is 27.4. The first-order chi connectivity index (χ1) is 23.0. The smallest absolute Gasteiger partial charge is 0.340 e. The fraction of sp³-hybridized carbons (Fsp3) is 0.150. The van der Waals surface area contributed by atoms with E-state index in [2.05, 4.69) is 72.8 Å². The number of pyridine rings is 1. The Bertz CT molecular complexity index is 1890. The summed E-state index contributed by atoms with van der Waals surface area (Å²) in [5, 5.41) is 4.31. The van der Waals surface area contributed by atoms with Crippen molar-refractivity contribution >= 4 is 40.0 Å². The zero-order chi connectivity index (χ0) is 32.8. The van der Waals surface area contributed by atoms with Gasteiger partial charge in [0.1, 0.15) is 35.1 Å². The lowest BCUT2D eigenvalue weighted by Gasteiger charge is -2.28. The molecule has 0 saturated carbocycles. The van der Waals surface area contributed by atoms with Gasteiger partial charge in [0.2, 0.25) is 0 Å². The van der Waals surface area contributed by atoms with Crippen molar-refractivity contribution in [3.63, 3.8) is 0 Å². The number of benzene rings is 5. The zero-order valence-corrected chi connectivity index (χ0v) is 29.0. The minimum atomic E-state index is -2.44. The number of carbonyl (C=O) groups excluding carboxylic acids is 1. The Kier molecular flexibility index (Phi) is 11.0. The molecule has 48 heavy (non-hydrogen) atoms. The number of esters is 1. The van der Waals surface area contributed by atoms with Crippen molar-refractivity contribution in [1.82, 2.24) is 4.98 Å². The van der Waals surface area contributed by atoms with E-state index >= 15 is 0 Å². The summed E-state index contributed by atoms with van der Waals surface area (Å²) in [5.74, 6) is 1.38. The van der Waals surface area contributed by atoms with Crippen LogP contribution in [0.5, 0.6) is 17.2 Å². The highest BCUT2D eigenvalue weighted by Gasteiger charge is 2.47. The fourth-order valence-corrected chi connectivity index (χ4v) is 10.4. The van der Waals surface area contributed by atoms with Gasteiger partial charge in [0.15, 0.2) is 11.5 Å². The Morgan fingerprint density at radius 3 is 1.62 bits per heavy atom. The molecule has 8 heteroatoms. The highest BCUT2D eigenvalue weighted by molar-refractivity contribution is 7.95. The van der Waals surface area contributed by atoms with Crippen LogP contribution >= 0.6 is 7.26 Å². The standard InChI is InChI=1S/C40H37NO5P.ClH/c1-5-46-40(42)39-35(27-47(30-15-9-6-10-16-30,31-17-11-7-12-18-31)32-19-13-8-14-20-32)41-34-26-37(45-4)36(44-3)25-33(34)38(39)28-21-23-29(43-2)24-22-28;/h6-26H,5,27H2,1-4H3;1H/q+1;/p-1. The van der Waals surface area contributed by atoms with E-state index in [1.165, 1.54) is 15.9 Å². The number of halogens is 1. The second kappa shape index (κ2) is 15.3. The van der Waals surface area contributed by atoms with Gasteiger partial charge >= 0.3 is 5.97 Å². The molecular formula is C40H37ClNO5P. The Morgan fingerprint density at radius 2 is 1.17 bits per heavy atom. The SMILES string of the molecule is CCOC(=O)c1c(C[P+](c2ccccc2)(c2ccccc2)c2ccccc2)nc2cc(OC)c(OC)cc2c1-c1ccc(OC)cc1.[Cl-]. The molecule has 0 spiro atoms. The van der Waals surface area contributed by atoms with Crippen LogP contribution in [-0.4, -0.2) is 38.9 Å². The molecule has 0 bridgehead atoms. The number of carbonyl (C=O) groups is 1. The van der Waals surface area contributed by atoms with Crippen LogP contribution in [0.25, 0.3) is 22.0 Å². The Labute approximate surface area is 288 Å². The maximum Gasteiger partial charge on any atom is 0.340 e. The number of aromatic nitrogens is 1. The van der Waals surface area contributed by atoms with Gasteiger partial charge in [0.25, 0.3) is 0 Å². The lowest BCUT2D eigenvalue weighted by atomic mass is 9.94. The third-order valence-electron chi connectivity index (χ3n) is 8.40. The average molecular weight is 678 g/mol. The minimum absolute atomic E-state index is 0. The highest BCUT2D eigenvalue weighted by Crippen LogP contribution is 2.59. The Hall–Kier alpha value is -4.90. The molecule has 6 nitrogen and oxygen atoms in total. The number of hydrogen-bond donors (Lipinski definition) is 0. The number of nitrogens with zero attached hydrogens (tertiary/aromatic N) is 1. The Morgan fingerprint density at radius 1 is 0.667 bits per heavy atom. The molecule has 0 fully saturated rings. The first-order valence-electron chi connectivity index (χ1n) is 15.5. The molecule has 244 valence electrons. The van der Waals surface area contributed by atoms with E-state index in [9.17, 15) is 4.79 Å². The van der Waals surface area contributed by atoms with E-state index in [0.29, 0.717) is 40.2 Å². The lowest BCUT2D eigenvalue weighted by molar-refractivity contribution is -0.0000284. The van der Waals surface area contributed by atoms with Crippen LogP contribution in [0.2, 0.25) is 0 Å². The summed E-state index contributed by atoms with van der Waals surface area (Å²) in [6, 6.07) is 43.2. The molecule has 0 unspecified atom stereocenters. The summed E-state index contributed by atoms with van der Waals surface area (Å²) in [6.07, 6.45) is 0.479. The molecule has 0 N–H and O–H groups in total. The van der Waals surface area contributed by atoms with Gasteiger partial charge in [-0.1, -0.05) is 66.7 Å². The Balaban J connectivity index is 0.00000451. The van der Waals surface area contributed by atoms with Crippen molar-refractivity contribution < 1.29 is 36.1 Å². The normalized spacial score (nSPS) is 11.0. The summed E-state index contributed by atoms with van der Waals surface area (Å²) in [6.45, 7) is 2.04. The van der Waals surface area contributed by atoms with Gasteiger partial charge in [-0.25, -0.2) is 9.78 Å². The summed E-state index contributed by atoms with van der Waals surface area (Å²) in [7, 11) is 2.40. The molecule has 0 radical (unpaired) electrons. The van der Waals surface area contributed by atoms with E-state index in [4.69, 9.17) is 23.9 Å². The molecule has 5 aromatic carbocycles. The third-order valence-corrected chi connectivity index (χ3v) is 12.7. The van der Waals surface area contributed by atoms with Crippen LogP contribution in [0.4, 0.5) is 0 Å². The molecule has 0 aliphatic carbocycles. The van der Waals surface area contributed by atoms with Gasteiger partial charge < -0.3 is 31.4 Å². The molecule has 0 amide bonds. The van der Waals surface area contributed by atoms with Crippen LogP contribution in [0, 0.1) is 0 Å². The maximum absolute atomic E-state index is 14.3. The molecule has 0 aliphatic heterocycles. The predicted octanol–water partition coefficient (Wildman–Crippen LogP) is 4.60. The number of hydrogen-bond acceptors (Lipinski definition) is 6. The first-order valence-corrected chi connectivity index (χ1v) is 17.5. The molecule has 6 aromatic rings. The van der Waals surface area contributed by atoms with Crippen molar-refractivity contribution in [2.75, 3.05) is 27.9 Å². The first kappa shape index (κ1) is 34.4. The van der Waals surface area contributed by atoms with E-state index in [-0.39, 0.29) is 19.0 Å². The summed E-state index contributed by atoms with van der Waals surface area (Å²) >= 11 is 0. The van der Waals surface area contributed by atoms with Gasteiger partial charge in [-0.15, -0.1) is 0 Å². The number of fused-ring (bicyclic) bond motifs is 1. The monoisotopic (exact) mass is 677 g/mol. The van der Waals surface area contributed by atoms with Gasteiger partial charge in [-0.3, -0.25) is 0 Å². The molecule has 1 heterocycles. The second-order valence-electron chi connectivity index (χ2n) is 11.0. The molecule has 6 rings (SSSR count). The number of rotatable bonds is 11. The summed E-state index contributed by atoms with van der Waals surface area (Å²) in [4.78, 5) is 19.6. The fourth-order valence-electron chi connectivity index (χ4n) is 6.23. The molecule has 0 saturated heterocycles. The van der Waals surface area contributed by atoms with Crippen molar-refractivity contribution in [2.24, 2.45) is 0 Å². The van der Waals surface area contributed by atoms with Gasteiger partial charge in [-0.05, 0) is 67.1 Å². The van der Waals surface area contributed by atoms with Gasteiger partial charge in [0.05, 0.1) is 44.7 Å². The van der Waals surface area contributed by atoms with Crippen molar-refractivity contribution in [3.8, 4) is 28.4 Å². The van der Waals surface area contributed by atoms with Crippen LogP contribution in [-0.2, 0) is 10.9 Å². The molecule has 0 aliphatic rings. The van der Waals surface area contributed by atoms with Crippen molar-refractivity contribution in [1.29, 1.82) is 0 Å². The van der Waals surface area contributed by atoms with Crippen LogP contribution in [0.1, 0.15) is 23.0 Å². The maximum atomic E-state index is 14.3.